The topological polar surface area (TPSA) is 56.8 Å². The fraction of sp³-hybridized carbons (Fsp3) is 0.294. The maximum atomic E-state index is 6.39. The van der Waals surface area contributed by atoms with Crippen LogP contribution >= 0.6 is 11.6 Å². The van der Waals surface area contributed by atoms with Crippen molar-refractivity contribution < 1.29 is 0 Å². The van der Waals surface area contributed by atoms with Crippen LogP contribution in [-0.2, 0) is 0 Å². The van der Waals surface area contributed by atoms with E-state index >= 15 is 0 Å². The van der Waals surface area contributed by atoms with Gasteiger partial charge in [-0.2, -0.15) is 0 Å². The molecule has 23 heavy (non-hydrogen) atoms. The number of rotatable bonds is 2. The second kappa shape index (κ2) is 4.94. The van der Waals surface area contributed by atoms with Crippen molar-refractivity contribution in [2.75, 3.05) is 18.0 Å². The summed E-state index contributed by atoms with van der Waals surface area (Å²) in [6.07, 6.45) is 2.98. The number of hydrogen-bond donors (Lipinski definition) is 2. The lowest BCUT2D eigenvalue weighted by atomic mass is 9.88. The van der Waals surface area contributed by atoms with E-state index in [2.05, 4.69) is 31.2 Å². The van der Waals surface area contributed by atoms with Gasteiger partial charge in [-0.15, -0.1) is 0 Å². The van der Waals surface area contributed by atoms with Crippen LogP contribution in [0.1, 0.15) is 6.42 Å². The second-order valence-corrected chi connectivity index (χ2v) is 6.64. The predicted octanol–water partition coefficient (Wildman–Crippen LogP) is 2.83. The van der Waals surface area contributed by atoms with Crippen LogP contribution in [0.15, 0.2) is 36.5 Å². The Labute approximate surface area is 138 Å². The zero-order valence-corrected chi connectivity index (χ0v) is 13.2. The van der Waals surface area contributed by atoms with Crippen molar-refractivity contribution in [1.29, 1.82) is 0 Å². The Morgan fingerprint density at radius 3 is 2.78 bits per heavy atom. The van der Waals surface area contributed by atoms with Crippen LogP contribution in [0.5, 0.6) is 0 Å². The molecular formula is C17H16ClN5. The molecule has 0 saturated carbocycles. The molecule has 116 valence electrons. The monoisotopic (exact) mass is 325 g/mol. The minimum atomic E-state index is 0.547. The Kier molecular flexibility index (Phi) is 2.87. The molecule has 2 aliphatic heterocycles. The molecule has 2 atom stereocenters. The second-order valence-electron chi connectivity index (χ2n) is 6.23. The summed E-state index contributed by atoms with van der Waals surface area (Å²) in [5.74, 6) is 1.79. The molecule has 4 heterocycles. The van der Waals surface area contributed by atoms with Gasteiger partial charge in [0, 0.05) is 36.9 Å². The summed E-state index contributed by atoms with van der Waals surface area (Å²) >= 11 is 6.39. The fourth-order valence-electron chi connectivity index (χ4n) is 3.69. The highest BCUT2D eigenvalue weighted by Gasteiger charge is 2.42. The SMILES string of the molecule is Clc1cnc(N2C3CNCC2C3)cc1-c1nc2ccccc2[nH]1. The number of benzene rings is 1. The van der Waals surface area contributed by atoms with E-state index in [1.54, 1.807) is 6.20 Å². The third-order valence-electron chi connectivity index (χ3n) is 4.84. The Morgan fingerprint density at radius 1 is 1.17 bits per heavy atom. The number of halogens is 1. The van der Waals surface area contributed by atoms with Crippen molar-refractivity contribution in [3.8, 4) is 11.4 Å². The van der Waals surface area contributed by atoms with E-state index < -0.39 is 0 Å². The number of nitrogens with zero attached hydrogens (tertiary/aromatic N) is 3. The van der Waals surface area contributed by atoms with Gasteiger partial charge in [0.05, 0.1) is 16.1 Å². The van der Waals surface area contributed by atoms with E-state index in [0.29, 0.717) is 17.1 Å². The normalized spacial score (nSPS) is 23.1. The molecule has 2 aliphatic rings. The number of aromatic amines is 1. The van der Waals surface area contributed by atoms with Gasteiger partial charge in [0.25, 0.3) is 0 Å². The largest absolute Gasteiger partial charge is 0.348 e. The van der Waals surface area contributed by atoms with Crippen molar-refractivity contribution in [3.05, 3.63) is 41.6 Å². The standard InChI is InChI=1S/C17H16ClN5/c18-13-9-20-16(23-10-5-11(23)8-19-7-10)6-12(13)17-21-14-3-1-2-4-15(14)22-17/h1-4,6,9-11,19H,5,7-8H2,(H,21,22). The third kappa shape index (κ3) is 2.04. The third-order valence-corrected chi connectivity index (χ3v) is 5.14. The highest BCUT2D eigenvalue weighted by Crippen LogP contribution is 2.36. The number of aromatic nitrogens is 3. The maximum Gasteiger partial charge on any atom is 0.140 e. The van der Waals surface area contributed by atoms with Crippen LogP contribution in [0.4, 0.5) is 5.82 Å². The molecule has 1 aromatic carbocycles. The summed E-state index contributed by atoms with van der Waals surface area (Å²) in [7, 11) is 0. The van der Waals surface area contributed by atoms with Gasteiger partial charge in [-0.3, -0.25) is 0 Å². The zero-order valence-electron chi connectivity index (χ0n) is 12.5. The molecule has 2 fully saturated rings. The molecule has 2 aromatic heterocycles. The zero-order chi connectivity index (χ0) is 15.4. The summed E-state index contributed by atoms with van der Waals surface area (Å²) in [6.45, 7) is 2.06. The van der Waals surface area contributed by atoms with Crippen LogP contribution < -0.4 is 10.2 Å². The lowest BCUT2D eigenvalue weighted by Gasteiger charge is -2.53. The van der Waals surface area contributed by atoms with Crippen LogP contribution in [-0.4, -0.2) is 40.1 Å². The molecule has 2 bridgehead atoms. The van der Waals surface area contributed by atoms with Crippen molar-refractivity contribution in [2.24, 2.45) is 0 Å². The first kappa shape index (κ1) is 13.3. The first-order valence-electron chi connectivity index (χ1n) is 7.89. The van der Waals surface area contributed by atoms with E-state index in [4.69, 9.17) is 11.6 Å². The molecule has 2 saturated heterocycles. The van der Waals surface area contributed by atoms with Gasteiger partial charge in [-0.05, 0) is 24.6 Å². The number of H-pyrrole nitrogens is 1. The number of pyridine rings is 1. The van der Waals surface area contributed by atoms with Crippen molar-refractivity contribution in [3.63, 3.8) is 0 Å². The van der Waals surface area contributed by atoms with Crippen LogP contribution in [0.25, 0.3) is 22.4 Å². The first-order valence-corrected chi connectivity index (χ1v) is 8.27. The average molecular weight is 326 g/mol. The highest BCUT2D eigenvalue weighted by molar-refractivity contribution is 6.33. The lowest BCUT2D eigenvalue weighted by Crippen LogP contribution is -2.68. The molecule has 0 amide bonds. The van der Waals surface area contributed by atoms with E-state index in [0.717, 1.165) is 41.3 Å². The highest BCUT2D eigenvalue weighted by atomic mass is 35.5. The molecule has 5 rings (SSSR count). The summed E-state index contributed by atoms with van der Waals surface area (Å²) in [5.41, 5.74) is 2.87. The minimum Gasteiger partial charge on any atom is -0.348 e. The number of piperazine rings is 1. The van der Waals surface area contributed by atoms with Crippen molar-refractivity contribution in [2.45, 2.75) is 18.5 Å². The maximum absolute atomic E-state index is 6.39. The average Bonchev–Trinajstić information content (AvgIpc) is 3.01. The van der Waals surface area contributed by atoms with Gasteiger partial charge in [-0.1, -0.05) is 23.7 Å². The molecular weight excluding hydrogens is 310 g/mol. The first-order chi connectivity index (χ1) is 11.3. The van der Waals surface area contributed by atoms with E-state index in [1.165, 1.54) is 6.42 Å². The van der Waals surface area contributed by atoms with Gasteiger partial charge in [0.2, 0.25) is 0 Å². The number of nitrogens with one attached hydrogen (secondary N) is 2. The van der Waals surface area contributed by atoms with E-state index in [9.17, 15) is 0 Å². The van der Waals surface area contributed by atoms with Gasteiger partial charge in [0.1, 0.15) is 11.6 Å². The quantitative estimate of drug-likeness (QED) is 0.760. The minimum absolute atomic E-state index is 0.547. The Balaban J connectivity index is 1.58. The number of hydrogen-bond acceptors (Lipinski definition) is 4. The Morgan fingerprint density at radius 2 is 2.00 bits per heavy atom. The van der Waals surface area contributed by atoms with E-state index in [1.807, 2.05) is 24.3 Å². The van der Waals surface area contributed by atoms with Crippen LogP contribution in [0.3, 0.4) is 0 Å². The number of piperidine rings is 1. The molecule has 0 radical (unpaired) electrons. The van der Waals surface area contributed by atoms with Crippen LogP contribution in [0, 0.1) is 0 Å². The number of para-hydroxylation sites is 2. The smallest absolute Gasteiger partial charge is 0.140 e. The molecule has 2 N–H and O–H groups in total. The number of fused-ring (bicyclic) bond motifs is 3. The summed E-state index contributed by atoms with van der Waals surface area (Å²) < 4.78 is 0. The van der Waals surface area contributed by atoms with Crippen LogP contribution in [0.2, 0.25) is 5.02 Å². The van der Waals surface area contributed by atoms with Gasteiger partial charge >= 0.3 is 0 Å². The molecule has 5 nitrogen and oxygen atoms in total. The van der Waals surface area contributed by atoms with Crippen molar-refractivity contribution >= 4 is 28.5 Å². The summed E-state index contributed by atoms with van der Waals surface area (Å²) in [5, 5.41) is 4.07. The molecule has 0 spiro atoms. The number of imidazole rings is 1. The molecule has 0 aliphatic carbocycles. The molecule has 3 aromatic rings. The van der Waals surface area contributed by atoms with E-state index in [-0.39, 0.29) is 0 Å². The van der Waals surface area contributed by atoms with Crippen molar-refractivity contribution in [1.82, 2.24) is 20.3 Å². The fourth-order valence-corrected chi connectivity index (χ4v) is 3.88. The lowest BCUT2D eigenvalue weighted by molar-refractivity contribution is 0.260. The van der Waals surface area contributed by atoms with Gasteiger partial charge < -0.3 is 15.2 Å². The Bertz CT molecular complexity index is 843. The molecule has 6 heteroatoms. The number of anilines is 1. The summed E-state index contributed by atoms with van der Waals surface area (Å²) in [4.78, 5) is 15.0. The van der Waals surface area contributed by atoms with Gasteiger partial charge in [-0.25, -0.2) is 9.97 Å². The van der Waals surface area contributed by atoms with Gasteiger partial charge in [0.15, 0.2) is 0 Å². The predicted molar refractivity (Wildman–Crippen MR) is 91.9 cm³/mol. The Hall–Kier alpha value is -2.11. The molecule has 2 unspecified atom stereocenters. The summed E-state index contributed by atoms with van der Waals surface area (Å²) in [6, 6.07) is 11.2.